The van der Waals surface area contributed by atoms with Gasteiger partial charge in [-0.2, -0.15) is 0 Å². The molecule has 2 rings (SSSR count). The van der Waals surface area contributed by atoms with E-state index in [0.29, 0.717) is 11.6 Å². The molecule has 0 aromatic heterocycles. The largest absolute Gasteiger partial charge is 0.465 e. The average molecular weight is 219 g/mol. The van der Waals surface area contributed by atoms with Gasteiger partial charge in [-0.25, -0.2) is 4.79 Å². The van der Waals surface area contributed by atoms with Crippen LogP contribution in [-0.4, -0.2) is 19.1 Å². The first-order valence-corrected chi connectivity index (χ1v) is 5.73. The summed E-state index contributed by atoms with van der Waals surface area (Å²) < 4.78 is 4.79. The van der Waals surface area contributed by atoms with Crippen molar-refractivity contribution in [1.82, 2.24) is 0 Å². The second-order valence-electron chi connectivity index (χ2n) is 4.16. The smallest absolute Gasteiger partial charge is 0.338 e. The van der Waals surface area contributed by atoms with E-state index in [9.17, 15) is 4.79 Å². The van der Waals surface area contributed by atoms with Gasteiger partial charge in [-0.3, -0.25) is 0 Å². The summed E-state index contributed by atoms with van der Waals surface area (Å²) in [6.45, 7) is 2.17. The van der Waals surface area contributed by atoms with Crippen LogP contribution in [0.1, 0.15) is 35.7 Å². The van der Waals surface area contributed by atoms with E-state index in [2.05, 4.69) is 12.2 Å². The van der Waals surface area contributed by atoms with Crippen LogP contribution in [0, 0.1) is 0 Å². The van der Waals surface area contributed by atoms with Crippen LogP contribution in [0.15, 0.2) is 18.2 Å². The number of hydrogen-bond donors (Lipinski definition) is 1. The van der Waals surface area contributed by atoms with E-state index in [1.807, 2.05) is 18.2 Å². The van der Waals surface area contributed by atoms with Gasteiger partial charge in [-0.1, -0.05) is 19.4 Å². The number of nitrogens with one attached hydrogen (secondary N) is 1. The maximum atomic E-state index is 11.6. The van der Waals surface area contributed by atoms with E-state index < -0.39 is 0 Å². The molecule has 1 atom stereocenters. The SMILES string of the molecule is CCCC1Cc2c(cccc2C(=O)OC)N1. The zero-order valence-corrected chi connectivity index (χ0v) is 9.75. The summed E-state index contributed by atoms with van der Waals surface area (Å²) in [5, 5.41) is 3.45. The third-order valence-corrected chi connectivity index (χ3v) is 3.03. The Labute approximate surface area is 95.8 Å². The Hall–Kier alpha value is -1.51. The molecule has 0 bridgehead atoms. The van der Waals surface area contributed by atoms with E-state index >= 15 is 0 Å². The third kappa shape index (κ3) is 1.90. The average Bonchev–Trinajstić information content (AvgIpc) is 2.70. The number of benzene rings is 1. The molecular formula is C13H17NO2. The molecule has 0 amide bonds. The van der Waals surface area contributed by atoms with Gasteiger partial charge in [0.1, 0.15) is 0 Å². The molecule has 0 fully saturated rings. The Morgan fingerprint density at radius 2 is 2.38 bits per heavy atom. The molecule has 3 nitrogen and oxygen atoms in total. The van der Waals surface area contributed by atoms with Crippen LogP contribution in [-0.2, 0) is 11.2 Å². The lowest BCUT2D eigenvalue weighted by atomic mass is 10.0. The van der Waals surface area contributed by atoms with E-state index in [1.165, 1.54) is 7.11 Å². The number of rotatable bonds is 3. The van der Waals surface area contributed by atoms with Gasteiger partial charge in [-0.05, 0) is 30.5 Å². The zero-order chi connectivity index (χ0) is 11.5. The molecule has 0 aliphatic carbocycles. The van der Waals surface area contributed by atoms with E-state index in [-0.39, 0.29) is 5.97 Å². The van der Waals surface area contributed by atoms with Gasteiger partial charge in [0.15, 0.2) is 0 Å². The number of carbonyl (C=O) groups excluding carboxylic acids is 1. The van der Waals surface area contributed by atoms with Gasteiger partial charge >= 0.3 is 5.97 Å². The summed E-state index contributed by atoms with van der Waals surface area (Å²) in [6, 6.07) is 6.22. The van der Waals surface area contributed by atoms with Gasteiger partial charge in [-0.15, -0.1) is 0 Å². The Kier molecular flexibility index (Phi) is 3.13. The molecule has 0 saturated heterocycles. The third-order valence-electron chi connectivity index (χ3n) is 3.03. The standard InChI is InChI=1S/C13H17NO2/c1-3-5-9-8-11-10(13(15)16-2)6-4-7-12(11)14-9/h4,6-7,9,14H,3,5,8H2,1-2H3. The van der Waals surface area contributed by atoms with Gasteiger partial charge in [0, 0.05) is 11.7 Å². The first kappa shape index (κ1) is 11.0. The fraction of sp³-hybridized carbons (Fsp3) is 0.462. The van der Waals surface area contributed by atoms with Crippen molar-refractivity contribution in [2.75, 3.05) is 12.4 Å². The molecule has 86 valence electrons. The normalized spacial score (nSPS) is 17.8. The second kappa shape index (κ2) is 4.56. The summed E-state index contributed by atoms with van der Waals surface area (Å²) in [4.78, 5) is 11.6. The van der Waals surface area contributed by atoms with Crippen molar-refractivity contribution in [3.63, 3.8) is 0 Å². The Balaban J connectivity index is 2.27. The maximum Gasteiger partial charge on any atom is 0.338 e. The number of esters is 1. The summed E-state index contributed by atoms with van der Waals surface area (Å²) in [5.74, 6) is -0.240. The summed E-state index contributed by atoms with van der Waals surface area (Å²) in [7, 11) is 1.42. The molecule has 1 aromatic rings. The monoisotopic (exact) mass is 219 g/mol. The quantitative estimate of drug-likeness (QED) is 0.794. The lowest BCUT2D eigenvalue weighted by molar-refractivity contribution is 0.0599. The highest BCUT2D eigenvalue weighted by Crippen LogP contribution is 2.30. The van der Waals surface area contributed by atoms with Crippen LogP contribution in [0.3, 0.4) is 0 Å². The maximum absolute atomic E-state index is 11.6. The van der Waals surface area contributed by atoms with Crippen LogP contribution in [0.5, 0.6) is 0 Å². The van der Waals surface area contributed by atoms with Crippen molar-refractivity contribution in [1.29, 1.82) is 0 Å². The highest BCUT2D eigenvalue weighted by molar-refractivity contribution is 5.93. The molecule has 1 aliphatic heterocycles. The minimum atomic E-state index is -0.240. The molecule has 3 heteroatoms. The fourth-order valence-electron chi connectivity index (χ4n) is 2.28. The summed E-state index contributed by atoms with van der Waals surface area (Å²) in [5.41, 5.74) is 2.89. The van der Waals surface area contributed by atoms with Gasteiger partial charge in [0.2, 0.25) is 0 Å². The highest BCUT2D eigenvalue weighted by Gasteiger charge is 2.24. The number of carbonyl (C=O) groups is 1. The molecule has 1 N–H and O–H groups in total. The highest BCUT2D eigenvalue weighted by atomic mass is 16.5. The van der Waals surface area contributed by atoms with Crippen LogP contribution in [0.2, 0.25) is 0 Å². The van der Waals surface area contributed by atoms with Crippen molar-refractivity contribution in [2.24, 2.45) is 0 Å². The minimum absolute atomic E-state index is 0.240. The predicted octanol–water partition coefficient (Wildman–Crippen LogP) is 2.61. The lowest BCUT2D eigenvalue weighted by Crippen LogP contribution is -2.14. The molecule has 1 unspecified atom stereocenters. The number of anilines is 1. The van der Waals surface area contributed by atoms with Crippen LogP contribution in [0.25, 0.3) is 0 Å². The van der Waals surface area contributed by atoms with Gasteiger partial charge in [0.05, 0.1) is 12.7 Å². The van der Waals surface area contributed by atoms with E-state index in [0.717, 1.165) is 30.5 Å². The van der Waals surface area contributed by atoms with E-state index in [1.54, 1.807) is 0 Å². The summed E-state index contributed by atoms with van der Waals surface area (Å²) in [6.07, 6.45) is 3.21. The Bertz CT molecular complexity index is 401. The van der Waals surface area contributed by atoms with Crippen LogP contribution >= 0.6 is 0 Å². The summed E-state index contributed by atoms with van der Waals surface area (Å²) >= 11 is 0. The molecule has 0 radical (unpaired) electrons. The molecule has 1 aromatic carbocycles. The van der Waals surface area contributed by atoms with Gasteiger partial charge in [0.25, 0.3) is 0 Å². The first-order valence-electron chi connectivity index (χ1n) is 5.73. The number of hydrogen-bond acceptors (Lipinski definition) is 3. The van der Waals surface area contributed by atoms with E-state index in [4.69, 9.17) is 4.74 Å². The topological polar surface area (TPSA) is 38.3 Å². The van der Waals surface area contributed by atoms with Crippen molar-refractivity contribution in [3.8, 4) is 0 Å². The first-order chi connectivity index (χ1) is 7.76. The van der Waals surface area contributed by atoms with Crippen molar-refractivity contribution < 1.29 is 9.53 Å². The lowest BCUT2D eigenvalue weighted by Gasteiger charge is -2.08. The van der Waals surface area contributed by atoms with Crippen molar-refractivity contribution in [2.45, 2.75) is 32.2 Å². The van der Waals surface area contributed by atoms with Crippen LogP contribution in [0.4, 0.5) is 5.69 Å². The Morgan fingerprint density at radius 3 is 3.06 bits per heavy atom. The minimum Gasteiger partial charge on any atom is -0.465 e. The molecular weight excluding hydrogens is 202 g/mol. The van der Waals surface area contributed by atoms with Crippen LogP contribution < -0.4 is 5.32 Å². The molecule has 1 heterocycles. The fourth-order valence-corrected chi connectivity index (χ4v) is 2.28. The van der Waals surface area contributed by atoms with Gasteiger partial charge < -0.3 is 10.1 Å². The predicted molar refractivity (Wildman–Crippen MR) is 63.8 cm³/mol. The van der Waals surface area contributed by atoms with Crippen molar-refractivity contribution in [3.05, 3.63) is 29.3 Å². The zero-order valence-electron chi connectivity index (χ0n) is 9.75. The van der Waals surface area contributed by atoms with Crippen molar-refractivity contribution >= 4 is 11.7 Å². The molecule has 0 saturated carbocycles. The number of methoxy groups -OCH3 is 1. The molecule has 16 heavy (non-hydrogen) atoms. The number of ether oxygens (including phenoxy) is 1. The second-order valence-corrected chi connectivity index (χ2v) is 4.16. The number of fused-ring (bicyclic) bond motifs is 1. The Morgan fingerprint density at radius 1 is 1.56 bits per heavy atom. The molecule has 1 aliphatic rings. The molecule has 0 spiro atoms.